The minimum atomic E-state index is -0.569. The molecule has 0 heterocycles. The van der Waals surface area contributed by atoms with Crippen LogP contribution in [0.1, 0.15) is 38.3 Å². The number of amides is 2. The Morgan fingerprint density at radius 1 is 1.14 bits per heavy atom. The van der Waals surface area contributed by atoms with Crippen LogP contribution in [-0.2, 0) is 16.1 Å². The van der Waals surface area contributed by atoms with Gasteiger partial charge >= 0.3 is 0 Å². The molecule has 156 valence electrons. The Balaban J connectivity index is 2.18. The van der Waals surface area contributed by atoms with Gasteiger partial charge in [0.25, 0.3) is 5.91 Å². The van der Waals surface area contributed by atoms with E-state index in [2.05, 4.69) is 5.32 Å². The van der Waals surface area contributed by atoms with E-state index in [-0.39, 0.29) is 24.5 Å². The van der Waals surface area contributed by atoms with Crippen LogP contribution in [-0.4, -0.2) is 35.4 Å². The van der Waals surface area contributed by atoms with Crippen molar-refractivity contribution in [2.24, 2.45) is 0 Å². The van der Waals surface area contributed by atoms with Crippen LogP contribution in [0.3, 0.4) is 0 Å². The first-order chi connectivity index (χ1) is 13.8. The molecule has 1 N–H and O–H groups in total. The molecule has 6 heteroatoms. The number of carbonyl (C=O) groups excluding carboxylic acids is 2. The normalized spacial score (nSPS) is 11.8. The lowest BCUT2D eigenvalue weighted by Gasteiger charge is -2.31. The highest BCUT2D eigenvalue weighted by Gasteiger charge is 2.29. The van der Waals surface area contributed by atoms with Crippen LogP contribution >= 0.6 is 11.6 Å². The van der Waals surface area contributed by atoms with E-state index >= 15 is 0 Å². The van der Waals surface area contributed by atoms with Crippen molar-refractivity contribution in [1.82, 2.24) is 10.2 Å². The molecular formula is C23H29ClN2O3. The van der Waals surface area contributed by atoms with Crippen molar-refractivity contribution in [1.29, 1.82) is 0 Å². The van der Waals surface area contributed by atoms with Crippen LogP contribution in [0.25, 0.3) is 0 Å². The lowest BCUT2D eigenvalue weighted by molar-refractivity contribution is -0.143. The summed E-state index contributed by atoms with van der Waals surface area (Å²) in [5, 5.41) is 3.56. The Morgan fingerprint density at radius 2 is 1.83 bits per heavy atom. The Labute approximate surface area is 178 Å². The van der Waals surface area contributed by atoms with Crippen molar-refractivity contribution < 1.29 is 14.3 Å². The maximum atomic E-state index is 13.1. The van der Waals surface area contributed by atoms with Gasteiger partial charge in [0.1, 0.15) is 11.8 Å². The number of rotatable bonds is 9. The van der Waals surface area contributed by atoms with Gasteiger partial charge in [0.15, 0.2) is 6.61 Å². The maximum absolute atomic E-state index is 13.1. The van der Waals surface area contributed by atoms with E-state index in [4.69, 9.17) is 16.3 Å². The molecule has 1 unspecified atom stereocenters. The number of hydrogen-bond acceptors (Lipinski definition) is 3. The molecule has 0 bridgehead atoms. The Morgan fingerprint density at radius 3 is 2.41 bits per heavy atom. The van der Waals surface area contributed by atoms with Crippen molar-refractivity contribution in [3.63, 3.8) is 0 Å². The average molecular weight is 417 g/mol. The van der Waals surface area contributed by atoms with Gasteiger partial charge in [-0.2, -0.15) is 0 Å². The zero-order valence-corrected chi connectivity index (χ0v) is 18.2. The maximum Gasteiger partial charge on any atom is 0.261 e. The van der Waals surface area contributed by atoms with Gasteiger partial charge in [-0.15, -0.1) is 0 Å². The smallest absolute Gasteiger partial charge is 0.261 e. The predicted octanol–water partition coefficient (Wildman–Crippen LogP) is 4.36. The molecule has 0 spiro atoms. The van der Waals surface area contributed by atoms with Crippen LogP contribution in [0.2, 0.25) is 5.02 Å². The topological polar surface area (TPSA) is 58.6 Å². The Bertz CT molecular complexity index is 824. The summed E-state index contributed by atoms with van der Waals surface area (Å²) in [6.07, 6.45) is 0.511. The highest BCUT2D eigenvalue weighted by atomic mass is 35.5. The van der Waals surface area contributed by atoms with Gasteiger partial charge in [0.2, 0.25) is 5.91 Å². The van der Waals surface area contributed by atoms with Crippen molar-refractivity contribution >= 4 is 23.4 Å². The number of ether oxygens (including phenoxy) is 1. The highest BCUT2D eigenvalue weighted by Crippen LogP contribution is 2.21. The van der Waals surface area contributed by atoms with Gasteiger partial charge in [-0.3, -0.25) is 9.59 Å². The van der Waals surface area contributed by atoms with E-state index < -0.39 is 6.04 Å². The van der Waals surface area contributed by atoms with Gasteiger partial charge < -0.3 is 15.0 Å². The standard InChI is InChI=1S/C23H29ClN2O3/c1-5-21(23(28)25-16(2)3)26(14-18-9-7-6-8-10-18)22(27)15-29-19-11-12-20(24)17(4)13-19/h6-13,16,21H,5,14-15H2,1-4H3,(H,25,28). The van der Waals surface area contributed by atoms with E-state index in [1.807, 2.05) is 58.0 Å². The van der Waals surface area contributed by atoms with Crippen molar-refractivity contribution in [2.75, 3.05) is 6.61 Å². The summed E-state index contributed by atoms with van der Waals surface area (Å²) < 4.78 is 5.70. The second-order valence-electron chi connectivity index (χ2n) is 7.29. The summed E-state index contributed by atoms with van der Waals surface area (Å²) in [5.74, 6) is 0.168. The molecule has 2 aromatic carbocycles. The van der Waals surface area contributed by atoms with Gasteiger partial charge in [0.05, 0.1) is 0 Å². The van der Waals surface area contributed by atoms with Crippen molar-refractivity contribution in [3.8, 4) is 5.75 Å². The van der Waals surface area contributed by atoms with Crippen LogP contribution in [0.5, 0.6) is 5.75 Å². The van der Waals surface area contributed by atoms with Gasteiger partial charge in [-0.05, 0) is 56.5 Å². The van der Waals surface area contributed by atoms with Gasteiger partial charge in [-0.1, -0.05) is 48.9 Å². The SMILES string of the molecule is CCC(C(=O)NC(C)C)N(Cc1ccccc1)C(=O)COc1ccc(Cl)c(C)c1. The first-order valence-electron chi connectivity index (χ1n) is 9.84. The molecule has 0 radical (unpaired) electrons. The summed E-state index contributed by atoms with van der Waals surface area (Å²) in [6, 6.07) is 14.3. The summed E-state index contributed by atoms with van der Waals surface area (Å²) in [5.41, 5.74) is 1.83. The first kappa shape index (κ1) is 22.8. The third kappa shape index (κ3) is 6.79. The van der Waals surface area contributed by atoms with Crippen molar-refractivity contribution in [2.45, 2.75) is 52.7 Å². The Hall–Kier alpha value is -2.53. The minimum absolute atomic E-state index is 0.00137. The molecule has 0 aliphatic rings. The van der Waals surface area contributed by atoms with E-state index in [0.29, 0.717) is 23.7 Å². The largest absolute Gasteiger partial charge is 0.484 e. The molecule has 2 aromatic rings. The molecule has 2 rings (SSSR count). The molecule has 0 saturated heterocycles. The predicted molar refractivity (Wildman–Crippen MR) is 116 cm³/mol. The number of nitrogens with zero attached hydrogens (tertiary/aromatic N) is 1. The van der Waals surface area contributed by atoms with Crippen LogP contribution < -0.4 is 10.1 Å². The number of nitrogens with one attached hydrogen (secondary N) is 1. The third-order valence-electron chi connectivity index (χ3n) is 4.50. The molecule has 0 aliphatic heterocycles. The molecule has 0 saturated carbocycles. The fraction of sp³-hybridized carbons (Fsp3) is 0.391. The molecule has 0 aliphatic carbocycles. The molecule has 29 heavy (non-hydrogen) atoms. The number of hydrogen-bond donors (Lipinski definition) is 1. The van der Waals surface area contributed by atoms with E-state index in [9.17, 15) is 9.59 Å². The number of carbonyl (C=O) groups is 2. The molecule has 0 fully saturated rings. The van der Waals surface area contributed by atoms with E-state index in [1.54, 1.807) is 23.1 Å². The van der Waals surface area contributed by atoms with E-state index in [0.717, 1.165) is 11.1 Å². The zero-order chi connectivity index (χ0) is 21.4. The van der Waals surface area contributed by atoms with E-state index in [1.165, 1.54) is 0 Å². The first-order valence-corrected chi connectivity index (χ1v) is 10.2. The molecule has 1 atom stereocenters. The second kappa shape index (κ2) is 10.9. The fourth-order valence-electron chi connectivity index (χ4n) is 3.02. The lowest BCUT2D eigenvalue weighted by Crippen LogP contribution is -2.51. The third-order valence-corrected chi connectivity index (χ3v) is 4.93. The second-order valence-corrected chi connectivity index (χ2v) is 7.70. The minimum Gasteiger partial charge on any atom is -0.484 e. The van der Waals surface area contributed by atoms with Gasteiger partial charge in [0, 0.05) is 17.6 Å². The fourth-order valence-corrected chi connectivity index (χ4v) is 3.13. The molecule has 0 aromatic heterocycles. The number of halogens is 1. The molecule has 5 nitrogen and oxygen atoms in total. The lowest BCUT2D eigenvalue weighted by atomic mass is 10.1. The average Bonchev–Trinajstić information content (AvgIpc) is 2.68. The summed E-state index contributed by atoms with van der Waals surface area (Å²) in [4.78, 5) is 27.4. The monoisotopic (exact) mass is 416 g/mol. The van der Waals surface area contributed by atoms with Crippen LogP contribution in [0.4, 0.5) is 0 Å². The summed E-state index contributed by atoms with van der Waals surface area (Å²) >= 11 is 6.05. The number of aryl methyl sites for hydroxylation is 1. The summed E-state index contributed by atoms with van der Waals surface area (Å²) in [7, 11) is 0. The molecule has 2 amide bonds. The highest BCUT2D eigenvalue weighted by molar-refractivity contribution is 6.31. The number of benzene rings is 2. The quantitative estimate of drug-likeness (QED) is 0.660. The van der Waals surface area contributed by atoms with Crippen LogP contribution in [0.15, 0.2) is 48.5 Å². The van der Waals surface area contributed by atoms with Crippen LogP contribution in [0, 0.1) is 6.92 Å². The molecular weight excluding hydrogens is 388 g/mol. The zero-order valence-electron chi connectivity index (χ0n) is 17.4. The Kier molecular flexibility index (Phi) is 8.52. The van der Waals surface area contributed by atoms with Crippen molar-refractivity contribution in [3.05, 3.63) is 64.7 Å². The van der Waals surface area contributed by atoms with Gasteiger partial charge in [-0.25, -0.2) is 0 Å². The summed E-state index contributed by atoms with van der Waals surface area (Å²) in [6.45, 7) is 7.77.